The Bertz CT molecular complexity index is 4040. The molecule has 0 aliphatic heterocycles. The van der Waals surface area contributed by atoms with Gasteiger partial charge in [-0.2, -0.15) is 0 Å². The SMILES string of the molecule is c1ccc(-c2cc(-c3ccccc3)cc(-c3ccc4c5cc6c(cc5n5c7ccccc7c3c45)c3ccc(-c4cc(-c5ccccc5)cc(-c5ccccc5)c4)c4c5ccccc5n6c34)c2)cc1. The zero-order chi connectivity index (χ0) is 44.5. The predicted molar refractivity (Wildman–Crippen MR) is 288 cm³/mol. The van der Waals surface area contributed by atoms with Gasteiger partial charge in [-0.1, -0.05) is 182 Å². The van der Waals surface area contributed by atoms with Gasteiger partial charge in [-0.15, -0.1) is 0 Å². The standard InChI is InChI=1S/C66H40N2/c1-5-17-41(18-6-1)45-33-46(42-19-7-2-8-20-42)36-49(35-45)51-29-31-53-57-39-62-58(40-61(57)67-59-27-15-13-25-55(59)63(51)65(53)67)54-32-30-52(64-56-26-14-16-28-60(56)68(62)66(54)64)50-37-47(43-21-9-3-10-22-43)34-48(38-50)44-23-11-4-12-24-44/h1-40H. The first-order chi connectivity index (χ1) is 33.7. The molecule has 0 atom stereocenters. The van der Waals surface area contributed by atoms with Gasteiger partial charge >= 0.3 is 0 Å². The molecule has 2 nitrogen and oxygen atoms in total. The monoisotopic (exact) mass is 860 g/mol. The Balaban J connectivity index is 0.996. The number of hydrogen-bond donors (Lipinski definition) is 0. The highest BCUT2D eigenvalue weighted by Gasteiger charge is 2.25. The fraction of sp³-hybridized carbons (Fsp3) is 0. The van der Waals surface area contributed by atoms with E-state index in [1.54, 1.807) is 0 Å². The number of benzene rings is 11. The molecule has 0 saturated heterocycles. The van der Waals surface area contributed by atoms with Crippen LogP contribution < -0.4 is 0 Å². The first kappa shape index (κ1) is 37.3. The first-order valence-electron chi connectivity index (χ1n) is 23.6. The van der Waals surface area contributed by atoms with Crippen LogP contribution in [0, 0.1) is 0 Å². The minimum Gasteiger partial charge on any atom is -0.308 e. The summed E-state index contributed by atoms with van der Waals surface area (Å²) in [5.41, 5.74) is 22.1. The highest BCUT2D eigenvalue weighted by atomic mass is 14.9. The molecule has 4 aromatic heterocycles. The Kier molecular flexibility index (Phi) is 7.81. The normalized spacial score (nSPS) is 12.1. The second-order valence-electron chi connectivity index (χ2n) is 18.4. The van der Waals surface area contributed by atoms with E-state index < -0.39 is 0 Å². The molecule has 314 valence electrons. The van der Waals surface area contributed by atoms with Crippen LogP contribution in [0.4, 0.5) is 0 Å². The van der Waals surface area contributed by atoms with Crippen LogP contribution >= 0.6 is 0 Å². The van der Waals surface area contributed by atoms with Gasteiger partial charge < -0.3 is 8.80 Å². The van der Waals surface area contributed by atoms with Crippen LogP contribution in [0.3, 0.4) is 0 Å². The molecule has 15 aromatic rings. The quantitative estimate of drug-likeness (QED) is 0.157. The van der Waals surface area contributed by atoms with Crippen LogP contribution in [-0.2, 0) is 0 Å². The Morgan fingerprint density at radius 3 is 0.853 bits per heavy atom. The van der Waals surface area contributed by atoms with E-state index in [2.05, 4.69) is 251 Å². The van der Waals surface area contributed by atoms with Crippen LogP contribution in [0.2, 0.25) is 0 Å². The third-order valence-corrected chi connectivity index (χ3v) is 14.7. The number of aromatic nitrogens is 2. The summed E-state index contributed by atoms with van der Waals surface area (Å²) < 4.78 is 5.10. The zero-order valence-electron chi connectivity index (χ0n) is 37.0. The number of fused-ring (bicyclic) bond motifs is 12. The van der Waals surface area contributed by atoms with Crippen molar-refractivity contribution in [3.05, 3.63) is 243 Å². The van der Waals surface area contributed by atoms with Gasteiger partial charge in [0.25, 0.3) is 0 Å². The van der Waals surface area contributed by atoms with Gasteiger partial charge in [-0.3, -0.25) is 0 Å². The van der Waals surface area contributed by atoms with Crippen LogP contribution in [0.15, 0.2) is 243 Å². The van der Waals surface area contributed by atoms with Crippen molar-refractivity contribution in [2.24, 2.45) is 0 Å². The van der Waals surface area contributed by atoms with Gasteiger partial charge in [0.05, 0.1) is 33.1 Å². The largest absolute Gasteiger partial charge is 0.308 e. The lowest BCUT2D eigenvalue weighted by Crippen LogP contribution is -1.87. The Labute approximate surface area is 392 Å². The minimum absolute atomic E-state index is 1.21. The summed E-state index contributed by atoms with van der Waals surface area (Å²) in [4.78, 5) is 0. The van der Waals surface area contributed by atoms with Crippen molar-refractivity contribution in [1.82, 2.24) is 8.80 Å². The van der Waals surface area contributed by atoms with E-state index in [1.807, 2.05) is 0 Å². The van der Waals surface area contributed by atoms with Crippen LogP contribution in [0.5, 0.6) is 0 Å². The summed E-state index contributed by atoms with van der Waals surface area (Å²) >= 11 is 0. The molecular formula is C66H40N2. The predicted octanol–water partition coefficient (Wildman–Crippen LogP) is 18.0. The van der Waals surface area contributed by atoms with E-state index in [0.717, 1.165) is 0 Å². The fourth-order valence-electron chi connectivity index (χ4n) is 11.7. The van der Waals surface area contributed by atoms with Crippen LogP contribution in [0.1, 0.15) is 0 Å². The molecule has 0 N–H and O–H groups in total. The van der Waals surface area contributed by atoms with Gasteiger partial charge in [0, 0.05) is 43.1 Å². The van der Waals surface area contributed by atoms with Gasteiger partial charge in [0.1, 0.15) is 0 Å². The lowest BCUT2D eigenvalue weighted by Gasteiger charge is -2.13. The minimum atomic E-state index is 1.21. The van der Waals surface area contributed by atoms with E-state index >= 15 is 0 Å². The molecule has 0 aliphatic carbocycles. The molecular weight excluding hydrogens is 821 g/mol. The van der Waals surface area contributed by atoms with E-state index in [4.69, 9.17) is 0 Å². The van der Waals surface area contributed by atoms with Crippen molar-refractivity contribution in [2.45, 2.75) is 0 Å². The second kappa shape index (κ2) is 14.3. The average Bonchev–Trinajstić information content (AvgIpc) is 4.15. The van der Waals surface area contributed by atoms with Crippen molar-refractivity contribution in [3.63, 3.8) is 0 Å². The molecule has 4 heterocycles. The Morgan fingerprint density at radius 2 is 0.500 bits per heavy atom. The zero-order valence-corrected chi connectivity index (χ0v) is 37.0. The van der Waals surface area contributed by atoms with Gasteiger partial charge in [-0.25, -0.2) is 0 Å². The number of rotatable bonds is 6. The Hall–Kier alpha value is -8.98. The second-order valence-corrected chi connectivity index (χ2v) is 18.4. The summed E-state index contributed by atoms with van der Waals surface area (Å²) in [7, 11) is 0. The molecule has 15 rings (SSSR count). The van der Waals surface area contributed by atoms with Crippen molar-refractivity contribution in [2.75, 3.05) is 0 Å². The average molecular weight is 861 g/mol. The summed E-state index contributed by atoms with van der Waals surface area (Å²) in [6.07, 6.45) is 0. The molecule has 2 heteroatoms. The van der Waals surface area contributed by atoms with Crippen LogP contribution in [0.25, 0.3) is 143 Å². The van der Waals surface area contributed by atoms with Crippen molar-refractivity contribution < 1.29 is 0 Å². The van der Waals surface area contributed by atoms with Crippen LogP contribution in [-0.4, -0.2) is 8.80 Å². The van der Waals surface area contributed by atoms with Crippen molar-refractivity contribution in [3.8, 4) is 66.8 Å². The Morgan fingerprint density at radius 1 is 0.191 bits per heavy atom. The topological polar surface area (TPSA) is 8.82 Å². The molecule has 0 radical (unpaired) electrons. The molecule has 0 spiro atoms. The molecule has 0 fully saturated rings. The fourth-order valence-corrected chi connectivity index (χ4v) is 11.7. The first-order valence-corrected chi connectivity index (χ1v) is 23.6. The molecule has 0 amide bonds. The van der Waals surface area contributed by atoms with E-state index in [1.165, 1.54) is 143 Å². The number of para-hydroxylation sites is 2. The molecule has 0 bridgehead atoms. The van der Waals surface area contributed by atoms with Gasteiger partial charge in [-0.05, 0) is 127 Å². The van der Waals surface area contributed by atoms with Crippen molar-refractivity contribution in [1.29, 1.82) is 0 Å². The van der Waals surface area contributed by atoms with Gasteiger partial charge in [0.2, 0.25) is 0 Å². The van der Waals surface area contributed by atoms with Gasteiger partial charge in [0.15, 0.2) is 0 Å². The summed E-state index contributed by atoms with van der Waals surface area (Å²) in [6, 6.07) is 89.9. The summed E-state index contributed by atoms with van der Waals surface area (Å²) in [5, 5.41) is 10.2. The smallest absolute Gasteiger partial charge is 0.0626 e. The molecule has 0 unspecified atom stereocenters. The summed E-state index contributed by atoms with van der Waals surface area (Å²) in [6.45, 7) is 0. The van der Waals surface area contributed by atoms with Crippen molar-refractivity contribution >= 4 is 76.2 Å². The number of nitrogens with zero attached hydrogens (tertiary/aromatic N) is 2. The lowest BCUT2D eigenvalue weighted by molar-refractivity contribution is 1.36. The lowest BCUT2D eigenvalue weighted by atomic mass is 9.91. The molecule has 0 saturated carbocycles. The molecule has 0 aliphatic rings. The van der Waals surface area contributed by atoms with E-state index in [9.17, 15) is 0 Å². The van der Waals surface area contributed by atoms with E-state index in [0.29, 0.717) is 0 Å². The molecule has 11 aromatic carbocycles. The third kappa shape index (κ3) is 5.34. The third-order valence-electron chi connectivity index (χ3n) is 14.7. The highest BCUT2D eigenvalue weighted by molar-refractivity contribution is 6.32. The maximum absolute atomic E-state index is 2.55. The summed E-state index contributed by atoms with van der Waals surface area (Å²) in [5.74, 6) is 0. The maximum Gasteiger partial charge on any atom is 0.0626 e. The molecule has 68 heavy (non-hydrogen) atoms. The number of hydrogen-bond acceptors (Lipinski definition) is 0. The van der Waals surface area contributed by atoms with E-state index in [-0.39, 0.29) is 0 Å². The maximum atomic E-state index is 2.55. The highest BCUT2D eigenvalue weighted by Crippen LogP contribution is 2.49.